The molecule has 2 aromatic carbocycles. The average Bonchev–Trinajstić information content (AvgIpc) is 2.52. The van der Waals surface area contributed by atoms with Crippen molar-refractivity contribution >= 4 is 34.6 Å². The van der Waals surface area contributed by atoms with E-state index in [2.05, 4.69) is 4.98 Å². The van der Waals surface area contributed by atoms with E-state index in [1.165, 1.54) is 18.2 Å². The number of nitro groups is 1. The van der Waals surface area contributed by atoms with Gasteiger partial charge in [0.1, 0.15) is 21.5 Å². The van der Waals surface area contributed by atoms with Gasteiger partial charge in [0.15, 0.2) is 5.78 Å². The molecule has 7 heteroatoms. The summed E-state index contributed by atoms with van der Waals surface area (Å²) in [6, 6.07) is 9.98. The van der Waals surface area contributed by atoms with Gasteiger partial charge in [0.05, 0.1) is 4.92 Å². The fourth-order valence-electron chi connectivity index (χ4n) is 2.61. The molecule has 0 radical (unpaired) electrons. The fraction of sp³-hybridized carbons (Fsp3) is 0.0588. The van der Waals surface area contributed by atoms with E-state index in [9.17, 15) is 19.3 Å². The molecular weight excluding hydrogens is 331 g/mol. The number of aromatic nitrogens is 1. The number of halogens is 1. The average molecular weight is 342 g/mol. The molecule has 120 valence electrons. The van der Waals surface area contributed by atoms with Gasteiger partial charge in [-0.15, -0.1) is 0 Å². The van der Waals surface area contributed by atoms with Crippen molar-refractivity contribution in [3.8, 4) is 0 Å². The largest absolute Gasteiger partial charge is 0.340 e. The van der Waals surface area contributed by atoms with Gasteiger partial charge in [0.25, 0.3) is 0 Å². The molecule has 1 heterocycles. The monoisotopic (exact) mass is 342 g/mol. The molecule has 0 atom stereocenters. The fourth-order valence-corrected chi connectivity index (χ4v) is 2.78. The predicted octanol–water partition coefficient (Wildman–Crippen LogP) is 4.48. The Kier molecular flexibility index (Phi) is 3.94. The first-order valence-electron chi connectivity index (χ1n) is 7.00. The van der Waals surface area contributed by atoms with Crippen molar-refractivity contribution in [3.63, 3.8) is 0 Å². The third-order valence-corrected chi connectivity index (χ3v) is 3.97. The van der Waals surface area contributed by atoms with Crippen LogP contribution in [0, 0.1) is 27.5 Å². The number of hydrogen-bond acceptors (Lipinski definition) is 4. The summed E-state index contributed by atoms with van der Waals surface area (Å²) in [5, 5.41) is 12.1. The van der Waals surface area contributed by atoms with Crippen LogP contribution in [-0.4, -0.2) is 15.7 Å². The number of ketones is 1. The second-order valence-electron chi connectivity index (χ2n) is 5.29. The van der Waals surface area contributed by atoms with Gasteiger partial charge < -0.3 is 4.98 Å². The number of rotatable bonds is 3. The zero-order valence-electron chi connectivity index (χ0n) is 12.5. The number of fused-ring (bicyclic) bond motifs is 1. The molecule has 1 N–H and O–H groups in total. The number of nitrogens with zero attached hydrogens (tertiary/aromatic N) is 1. The van der Waals surface area contributed by atoms with Crippen LogP contribution in [-0.2, 0) is 0 Å². The molecule has 0 fully saturated rings. The van der Waals surface area contributed by atoms with E-state index in [-0.39, 0.29) is 22.3 Å². The number of aryl methyl sites for hydroxylation is 1. The molecule has 0 amide bonds. The van der Waals surface area contributed by atoms with E-state index in [1.807, 2.05) is 0 Å². The standard InChI is InChI=1S/C17H11FN2O3S/c1-9-8-11(18)4-6-12(9)17(21)13-5-2-10-3-7-14(24)19-15(10)16(13)20(22)23/h2-8H,1H3,(H,19,24). The number of carbonyl (C=O) groups is 1. The third kappa shape index (κ3) is 2.69. The van der Waals surface area contributed by atoms with Crippen LogP contribution in [0.25, 0.3) is 10.9 Å². The van der Waals surface area contributed by atoms with Crippen LogP contribution in [0.3, 0.4) is 0 Å². The van der Waals surface area contributed by atoms with Crippen LogP contribution in [0.5, 0.6) is 0 Å². The number of nitrogens with one attached hydrogen (secondary N) is 1. The summed E-state index contributed by atoms with van der Waals surface area (Å²) in [5.41, 5.74) is 0.411. The van der Waals surface area contributed by atoms with Gasteiger partial charge in [-0.1, -0.05) is 18.3 Å². The van der Waals surface area contributed by atoms with Crippen LogP contribution in [0.15, 0.2) is 42.5 Å². The molecule has 0 aliphatic heterocycles. The van der Waals surface area contributed by atoms with Crippen LogP contribution in [0.2, 0.25) is 0 Å². The SMILES string of the molecule is Cc1cc(F)ccc1C(=O)c1ccc2ccc(=S)[nH]c2c1[N+](=O)[O-]. The second-order valence-corrected chi connectivity index (χ2v) is 5.73. The molecule has 0 aliphatic carbocycles. The zero-order chi connectivity index (χ0) is 17.4. The molecule has 3 aromatic rings. The smallest absolute Gasteiger partial charge is 0.304 e. The number of carbonyl (C=O) groups excluding carboxylic acids is 1. The zero-order valence-corrected chi connectivity index (χ0v) is 13.3. The summed E-state index contributed by atoms with van der Waals surface area (Å²) in [7, 11) is 0. The van der Waals surface area contributed by atoms with Crippen molar-refractivity contribution in [1.82, 2.24) is 4.98 Å². The summed E-state index contributed by atoms with van der Waals surface area (Å²) < 4.78 is 13.6. The van der Waals surface area contributed by atoms with Crippen molar-refractivity contribution in [2.75, 3.05) is 0 Å². The maximum atomic E-state index is 13.2. The highest BCUT2D eigenvalue weighted by molar-refractivity contribution is 7.71. The van der Waals surface area contributed by atoms with Crippen molar-refractivity contribution in [1.29, 1.82) is 0 Å². The van der Waals surface area contributed by atoms with E-state index < -0.39 is 16.5 Å². The van der Waals surface area contributed by atoms with Gasteiger partial charge in [-0.3, -0.25) is 14.9 Å². The quantitative estimate of drug-likeness (QED) is 0.329. The third-order valence-electron chi connectivity index (χ3n) is 3.73. The van der Waals surface area contributed by atoms with Crippen LogP contribution >= 0.6 is 12.2 Å². The highest BCUT2D eigenvalue weighted by Gasteiger charge is 2.25. The summed E-state index contributed by atoms with van der Waals surface area (Å²) in [6.07, 6.45) is 0. The minimum Gasteiger partial charge on any atom is -0.340 e. The number of hydrogen-bond donors (Lipinski definition) is 1. The van der Waals surface area contributed by atoms with Gasteiger partial charge >= 0.3 is 5.69 Å². The number of H-pyrrole nitrogens is 1. The van der Waals surface area contributed by atoms with E-state index >= 15 is 0 Å². The molecule has 1 aromatic heterocycles. The van der Waals surface area contributed by atoms with Crippen LogP contribution in [0.4, 0.5) is 10.1 Å². The maximum absolute atomic E-state index is 13.2. The minimum absolute atomic E-state index is 0.0703. The van der Waals surface area contributed by atoms with E-state index in [0.29, 0.717) is 15.6 Å². The number of pyridine rings is 1. The summed E-state index contributed by atoms with van der Waals surface area (Å²) in [4.78, 5) is 26.5. The molecule has 24 heavy (non-hydrogen) atoms. The van der Waals surface area contributed by atoms with Gasteiger partial charge in [-0.25, -0.2) is 4.39 Å². The molecule has 5 nitrogen and oxygen atoms in total. The Morgan fingerprint density at radius 3 is 2.50 bits per heavy atom. The number of nitro benzene ring substituents is 1. The predicted molar refractivity (Wildman–Crippen MR) is 90.4 cm³/mol. The Morgan fingerprint density at radius 1 is 1.17 bits per heavy atom. The molecule has 0 spiro atoms. The van der Waals surface area contributed by atoms with Gasteiger partial charge in [-0.05, 0) is 48.9 Å². The molecule has 0 aliphatic rings. The van der Waals surface area contributed by atoms with Crippen molar-refractivity contribution in [2.45, 2.75) is 6.92 Å². The highest BCUT2D eigenvalue weighted by atomic mass is 32.1. The maximum Gasteiger partial charge on any atom is 0.304 e. The Labute approximate surface area is 140 Å². The van der Waals surface area contributed by atoms with Crippen LogP contribution in [0.1, 0.15) is 21.5 Å². The lowest BCUT2D eigenvalue weighted by Crippen LogP contribution is -2.08. The van der Waals surface area contributed by atoms with Gasteiger partial charge in [0.2, 0.25) is 0 Å². The number of aromatic amines is 1. The van der Waals surface area contributed by atoms with E-state index in [4.69, 9.17) is 12.2 Å². The van der Waals surface area contributed by atoms with E-state index in [0.717, 1.165) is 6.07 Å². The molecule has 0 bridgehead atoms. The van der Waals surface area contributed by atoms with E-state index in [1.54, 1.807) is 25.1 Å². The molecule has 0 unspecified atom stereocenters. The Balaban J connectivity index is 2.29. The molecule has 3 rings (SSSR count). The lowest BCUT2D eigenvalue weighted by molar-refractivity contribution is -0.383. The molecule has 0 saturated heterocycles. The topological polar surface area (TPSA) is 76.0 Å². The van der Waals surface area contributed by atoms with Gasteiger partial charge in [0, 0.05) is 10.9 Å². The molecule has 0 saturated carbocycles. The Hall–Kier alpha value is -2.93. The highest BCUT2D eigenvalue weighted by Crippen LogP contribution is 2.30. The summed E-state index contributed by atoms with van der Waals surface area (Å²) in [6.45, 7) is 1.58. The lowest BCUT2D eigenvalue weighted by atomic mass is 9.96. The van der Waals surface area contributed by atoms with Gasteiger partial charge in [-0.2, -0.15) is 0 Å². The van der Waals surface area contributed by atoms with Crippen molar-refractivity contribution in [3.05, 3.63) is 79.7 Å². The number of benzene rings is 2. The summed E-state index contributed by atoms with van der Waals surface area (Å²) >= 11 is 5.02. The van der Waals surface area contributed by atoms with Crippen LogP contribution < -0.4 is 0 Å². The van der Waals surface area contributed by atoms with Crippen molar-refractivity contribution in [2.24, 2.45) is 0 Å². The Morgan fingerprint density at radius 2 is 1.83 bits per heavy atom. The second kappa shape index (κ2) is 5.93. The summed E-state index contributed by atoms with van der Waals surface area (Å²) in [5.74, 6) is -1.01. The molecular formula is C17H11FN2O3S. The normalized spacial score (nSPS) is 10.8. The lowest BCUT2D eigenvalue weighted by Gasteiger charge is -2.08. The Bertz CT molecular complexity index is 1060. The first kappa shape index (κ1) is 15.9. The first-order chi connectivity index (χ1) is 11.4. The van der Waals surface area contributed by atoms with Crippen molar-refractivity contribution < 1.29 is 14.1 Å². The first-order valence-corrected chi connectivity index (χ1v) is 7.40. The minimum atomic E-state index is -0.611.